The van der Waals surface area contributed by atoms with Gasteiger partial charge in [0, 0.05) is 5.69 Å². The fourth-order valence-electron chi connectivity index (χ4n) is 2.91. The second-order valence-corrected chi connectivity index (χ2v) is 6.41. The first-order chi connectivity index (χ1) is 13.9. The van der Waals surface area contributed by atoms with Crippen molar-refractivity contribution < 1.29 is 28.5 Å². The molecule has 0 aliphatic rings. The minimum absolute atomic E-state index is 0.185. The molecule has 0 heterocycles. The maximum Gasteiger partial charge on any atom is 0.339 e. The lowest BCUT2D eigenvalue weighted by Gasteiger charge is -2.18. The number of carbonyl (C=O) groups is 2. The number of ether oxygens (including phenoxy) is 4. The summed E-state index contributed by atoms with van der Waals surface area (Å²) in [7, 11) is 4.38. The summed E-state index contributed by atoms with van der Waals surface area (Å²) in [4.78, 5) is 25.2. The van der Waals surface area contributed by atoms with E-state index in [1.54, 1.807) is 0 Å². The highest BCUT2D eigenvalue weighted by molar-refractivity contribution is 5.98. The third-order valence-electron chi connectivity index (χ3n) is 4.54. The van der Waals surface area contributed by atoms with Crippen LogP contribution in [0.1, 0.15) is 35.3 Å². The lowest BCUT2D eigenvalue weighted by molar-refractivity contribution is -0.123. The van der Waals surface area contributed by atoms with Crippen LogP contribution in [0.3, 0.4) is 0 Å². The van der Waals surface area contributed by atoms with Crippen molar-refractivity contribution in [1.29, 1.82) is 0 Å². The maximum atomic E-state index is 12.6. The van der Waals surface area contributed by atoms with Gasteiger partial charge in [0.1, 0.15) is 0 Å². The summed E-state index contributed by atoms with van der Waals surface area (Å²) in [6.07, 6.45) is -0.220. The number of hydrogen-bond donors (Lipinski definition) is 1. The fourth-order valence-corrected chi connectivity index (χ4v) is 2.91. The van der Waals surface area contributed by atoms with Crippen molar-refractivity contribution in [1.82, 2.24) is 0 Å². The Labute approximate surface area is 170 Å². The lowest BCUT2D eigenvalue weighted by Crippen LogP contribution is -2.30. The number of amides is 1. The van der Waals surface area contributed by atoms with Gasteiger partial charge in [-0.15, -0.1) is 0 Å². The van der Waals surface area contributed by atoms with E-state index in [4.69, 9.17) is 18.9 Å². The van der Waals surface area contributed by atoms with Crippen LogP contribution in [-0.2, 0) is 16.0 Å². The zero-order valence-corrected chi connectivity index (χ0v) is 17.6. The van der Waals surface area contributed by atoms with Crippen LogP contribution in [0.4, 0.5) is 5.69 Å². The fraction of sp³-hybridized carbons (Fsp3) is 0.364. The van der Waals surface area contributed by atoms with E-state index in [1.807, 2.05) is 32.0 Å². The van der Waals surface area contributed by atoms with E-state index < -0.39 is 18.0 Å². The van der Waals surface area contributed by atoms with Gasteiger partial charge in [0.2, 0.25) is 5.75 Å². The van der Waals surface area contributed by atoms with Crippen molar-refractivity contribution in [2.45, 2.75) is 33.3 Å². The average Bonchev–Trinajstić information content (AvgIpc) is 2.73. The summed E-state index contributed by atoms with van der Waals surface area (Å²) < 4.78 is 21.1. The number of para-hydroxylation sites is 1. The van der Waals surface area contributed by atoms with E-state index in [-0.39, 0.29) is 5.56 Å². The van der Waals surface area contributed by atoms with E-state index in [1.165, 1.54) is 40.4 Å². The van der Waals surface area contributed by atoms with Crippen LogP contribution in [0.25, 0.3) is 0 Å². The standard InChI is InChI=1S/C22H27NO6/c1-7-15-10-8-9-13(2)19(15)23-21(24)14(3)29-22(25)16-11-17(26-4)20(28-6)18(12-16)27-5/h8-12,14H,7H2,1-6H3,(H,23,24)/t14-/m1/s1. The van der Waals surface area contributed by atoms with E-state index in [9.17, 15) is 9.59 Å². The molecule has 7 nitrogen and oxygen atoms in total. The highest BCUT2D eigenvalue weighted by Gasteiger charge is 2.23. The number of esters is 1. The van der Waals surface area contributed by atoms with Crippen LogP contribution in [-0.4, -0.2) is 39.3 Å². The Morgan fingerprint density at radius 3 is 2.17 bits per heavy atom. The molecular weight excluding hydrogens is 374 g/mol. The van der Waals surface area contributed by atoms with Crippen LogP contribution in [0, 0.1) is 6.92 Å². The number of benzene rings is 2. The van der Waals surface area contributed by atoms with Gasteiger partial charge in [0.05, 0.1) is 26.9 Å². The molecule has 1 N–H and O–H groups in total. The molecule has 0 saturated carbocycles. The number of methoxy groups -OCH3 is 3. The van der Waals surface area contributed by atoms with Gasteiger partial charge in [0.15, 0.2) is 17.6 Å². The number of hydrogen-bond acceptors (Lipinski definition) is 6. The smallest absolute Gasteiger partial charge is 0.339 e. The number of nitrogens with one attached hydrogen (secondary N) is 1. The molecule has 0 aliphatic carbocycles. The van der Waals surface area contributed by atoms with Crippen molar-refractivity contribution in [3.05, 3.63) is 47.0 Å². The molecule has 2 rings (SSSR count). The third-order valence-corrected chi connectivity index (χ3v) is 4.54. The zero-order chi connectivity index (χ0) is 21.6. The Balaban J connectivity index is 2.18. The van der Waals surface area contributed by atoms with Crippen molar-refractivity contribution in [2.24, 2.45) is 0 Å². The zero-order valence-electron chi connectivity index (χ0n) is 17.6. The minimum Gasteiger partial charge on any atom is -0.493 e. The van der Waals surface area contributed by atoms with Gasteiger partial charge in [-0.1, -0.05) is 25.1 Å². The highest BCUT2D eigenvalue weighted by Crippen LogP contribution is 2.38. The SMILES string of the molecule is CCc1cccc(C)c1NC(=O)[C@@H](C)OC(=O)c1cc(OC)c(OC)c(OC)c1. The monoisotopic (exact) mass is 401 g/mol. The third kappa shape index (κ3) is 4.99. The molecule has 0 saturated heterocycles. The topological polar surface area (TPSA) is 83.1 Å². The van der Waals surface area contributed by atoms with Crippen LogP contribution in [0.15, 0.2) is 30.3 Å². The van der Waals surface area contributed by atoms with E-state index in [0.717, 1.165) is 23.2 Å². The molecule has 0 fully saturated rings. The highest BCUT2D eigenvalue weighted by atomic mass is 16.5. The summed E-state index contributed by atoms with van der Waals surface area (Å²) in [6, 6.07) is 8.77. The molecule has 0 unspecified atom stereocenters. The molecule has 0 aliphatic heterocycles. The van der Waals surface area contributed by atoms with Gasteiger partial charge >= 0.3 is 5.97 Å². The predicted octanol–water partition coefficient (Wildman–Crippen LogP) is 3.77. The molecule has 7 heteroatoms. The van der Waals surface area contributed by atoms with E-state index in [0.29, 0.717) is 17.2 Å². The molecule has 0 spiro atoms. The molecule has 156 valence electrons. The molecular formula is C22H27NO6. The first-order valence-corrected chi connectivity index (χ1v) is 9.26. The Hall–Kier alpha value is -3.22. The largest absolute Gasteiger partial charge is 0.493 e. The first kappa shape index (κ1) is 22.1. The van der Waals surface area contributed by atoms with Crippen LogP contribution in [0.5, 0.6) is 17.2 Å². The van der Waals surface area contributed by atoms with Gasteiger partial charge in [-0.2, -0.15) is 0 Å². The lowest BCUT2D eigenvalue weighted by atomic mass is 10.1. The van der Waals surface area contributed by atoms with Gasteiger partial charge in [-0.25, -0.2) is 4.79 Å². The summed E-state index contributed by atoms with van der Waals surface area (Å²) >= 11 is 0. The number of rotatable bonds is 8. The van der Waals surface area contributed by atoms with Crippen LogP contribution < -0.4 is 19.5 Å². The molecule has 1 amide bonds. The number of anilines is 1. The predicted molar refractivity (Wildman–Crippen MR) is 110 cm³/mol. The van der Waals surface area contributed by atoms with Crippen molar-refractivity contribution in [2.75, 3.05) is 26.6 Å². The quantitative estimate of drug-likeness (QED) is 0.678. The minimum atomic E-state index is -0.995. The maximum absolute atomic E-state index is 12.6. The molecule has 29 heavy (non-hydrogen) atoms. The molecule has 2 aromatic rings. The Morgan fingerprint density at radius 2 is 1.66 bits per heavy atom. The van der Waals surface area contributed by atoms with Crippen molar-refractivity contribution in [3.8, 4) is 17.2 Å². The van der Waals surface area contributed by atoms with Crippen molar-refractivity contribution >= 4 is 17.6 Å². The van der Waals surface area contributed by atoms with Crippen molar-refractivity contribution in [3.63, 3.8) is 0 Å². The van der Waals surface area contributed by atoms with E-state index in [2.05, 4.69) is 5.32 Å². The molecule has 0 bridgehead atoms. The molecule has 1 atom stereocenters. The summed E-state index contributed by atoms with van der Waals surface area (Å²) in [6.45, 7) is 5.45. The Kier molecular flexibility index (Phi) is 7.47. The van der Waals surface area contributed by atoms with Gasteiger partial charge in [-0.3, -0.25) is 4.79 Å². The first-order valence-electron chi connectivity index (χ1n) is 9.26. The Bertz CT molecular complexity index is 868. The number of aryl methyl sites for hydroxylation is 2. The summed E-state index contributed by atoms with van der Waals surface area (Å²) in [5.41, 5.74) is 2.89. The van der Waals surface area contributed by atoms with Gasteiger partial charge < -0.3 is 24.3 Å². The van der Waals surface area contributed by atoms with Gasteiger partial charge in [0.25, 0.3) is 5.91 Å². The second-order valence-electron chi connectivity index (χ2n) is 6.41. The molecule has 0 radical (unpaired) electrons. The Morgan fingerprint density at radius 1 is 1.03 bits per heavy atom. The summed E-state index contributed by atoms with van der Waals surface area (Å²) in [5.74, 6) is -0.0713. The second kappa shape index (κ2) is 9.82. The molecule has 0 aromatic heterocycles. The normalized spacial score (nSPS) is 11.4. The summed E-state index contributed by atoms with van der Waals surface area (Å²) in [5, 5.41) is 2.86. The van der Waals surface area contributed by atoms with E-state index >= 15 is 0 Å². The van der Waals surface area contributed by atoms with Gasteiger partial charge in [-0.05, 0) is 43.5 Å². The number of carbonyl (C=O) groups excluding carboxylic acids is 2. The average molecular weight is 401 g/mol. The molecule has 2 aromatic carbocycles. The van der Waals surface area contributed by atoms with Crippen LogP contribution in [0.2, 0.25) is 0 Å². The van der Waals surface area contributed by atoms with Crippen LogP contribution >= 0.6 is 0 Å².